The van der Waals surface area contributed by atoms with Crippen LogP contribution in [0.25, 0.3) is 6.08 Å². The molecular weight excluding hydrogens is 124 g/mol. The van der Waals surface area contributed by atoms with Gasteiger partial charge in [-0.2, -0.15) is 8.78 Å². The molecule has 1 nitrogen and oxygen atoms in total. The maximum atomic E-state index is 11.4. The van der Waals surface area contributed by atoms with E-state index in [1.807, 2.05) is 0 Å². The van der Waals surface area contributed by atoms with Crippen molar-refractivity contribution in [2.24, 2.45) is 0 Å². The molecule has 0 aliphatic carbocycles. The highest BCUT2D eigenvalue weighted by atomic mass is 19.3. The fourth-order valence-electron chi connectivity index (χ4n) is 0.552. The van der Waals surface area contributed by atoms with Gasteiger partial charge in [0.15, 0.2) is 0 Å². The predicted octanol–water partition coefficient (Wildman–Crippen LogP) is 2.25. The van der Waals surface area contributed by atoms with Crippen molar-refractivity contribution in [1.82, 2.24) is 4.98 Å². The Morgan fingerprint density at radius 1 is 1.56 bits per heavy atom. The fourth-order valence-corrected chi connectivity index (χ4v) is 0.552. The molecule has 1 rings (SSSR count). The van der Waals surface area contributed by atoms with Gasteiger partial charge in [0, 0.05) is 18.0 Å². The van der Waals surface area contributed by atoms with Crippen molar-refractivity contribution < 1.29 is 8.78 Å². The predicted molar refractivity (Wildman–Crippen MR) is 31.0 cm³/mol. The molecule has 0 amide bonds. The molecule has 1 N–H and O–H groups in total. The molecule has 9 heavy (non-hydrogen) atoms. The fraction of sp³-hybridized carbons (Fsp3) is 0. The number of hydrogen-bond acceptors (Lipinski definition) is 0. The lowest BCUT2D eigenvalue weighted by molar-refractivity contribution is 0.429. The molecule has 1 heterocycles. The van der Waals surface area contributed by atoms with Crippen LogP contribution in [0.1, 0.15) is 5.69 Å². The minimum absolute atomic E-state index is 0.426. The standard InChI is InChI=1S/C6H5F2N/c7-6(8)4-5-2-1-3-9-5/h1-4,9H. The molecule has 0 bridgehead atoms. The summed E-state index contributed by atoms with van der Waals surface area (Å²) in [6, 6.07) is 3.23. The van der Waals surface area contributed by atoms with Crippen LogP contribution in [0, 0.1) is 0 Å². The van der Waals surface area contributed by atoms with Crippen molar-refractivity contribution in [1.29, 1.82) is 0 Å². The van der Waals surface area contributed by atoms with E-state index in [4.69, 9.17) is 0 Å². The largest absolute Gasteiger partial charge is 0.362 e. The summed E-state index contributed by atoms with van der Waals surface area (Å²) in [5.41, 5.74) is 0.426. The summed E-state index contributed by atoms with van der Waals surface area (Å²) in [5, 5.41) is 0. The molecule has 0 aliphatic heterocycles. The molecule has 3 heteroatoms. The first-order valence-corrected chi connectivity index (χ1v) is 2.45. The number of aromatic nitrogens is 1. The van der Waals surface area contributed by atoms with E-state index in [0.717, 1.165) is 6.08 Å². The Bertz CT molecular complexity index is 197. The zero-order valence-corrected chi connectivity index (χ0v) is 4.57. The zero-order valence-electron chi connectivity index (χ0n) is 4.57. The Balaban J connectivity index is 2.80. The van der Waals surface area contributed by atoms with Gasteiger partial charge in [-0.25, -0.2) is 0 Å². The van der Waals surface area contributed by atoms with Gasteiger partial charge in [0.1, 0.15) is 0 Å². The normalized spacial score (nSPS) is 9.11. The lowest BCUT2D eigenvalue weighted by Gasteiger charge is -1.79. The van der Waals surface area contributed by atoms with Crippen molar-refractivity contribution in [3.05, 3.63) is 30.1 Å². The van der Waals surface area contributed by atoms with Crippen LogP contribution < -0.4 is 0 Å². The van der Waals surface area contributed by atoms with Crippen LogP contribution in [0.4, 0.5) is 8.78 Å². The number of hydrogen-bond donors (Lipinski definition) is 1. The molecular formula is C6H5F2N. The van der Waals surface area contributed by atoms with Crippen LogP contribution in [0.5, 0.6) is 0 Å². The minimum atomic E-state index is -1.68. The topological polar surface area (TPSA) is 15.8 Å². The SMILES string of the molecule is FC(F)=Cc1ccc[nH]1. The van der Waals surface area contributed by atoms with Crippen LogP contribution in [0.2, 0.25) is 0 Å². The Labute approximate surface area is 51.0 Å². The van der Waals surface area contributed by atoms with E-state index in [2.05, 4.69) is 4.98 Å². The Morgan fingerprint density at radius 2 is 2.33 bits per heavy atom. The first-order chi connectivity index (χ1) is 4.29. The van der Waals surface area contributed by atoms with Gasteiger partial charge in [-0.15, -0.1) is 0 Å². The van der Waals surface area contributed by atoms with E-state index >= 15 is 0 Å². The molecule has 0 unspecified atom stereocenters. The highest BCUT2D eigenvalue weighted by Crippen LogP contribution is 2.04. The van der Waals surface area contributed by atoms with Gasteiger partial charge in [-0.1, -0.05) is 0 Å². The molecule has 0 spiro atoms. The van der Waals surface area contributed by atoms with Gasteiger partial charge in [0.05, 0.1) is 0 Å². The van der Waals surface area contributed by atoms with E-state index < -0.39 is 6.08 Å². The molecule has 0 saturated carbocycles. The molecule has 0 aliphatic rings. The highest BCUT2D eigenvalue weighted by Gasteiger charge is 1.89. The maximum Gasteiger partial charge on any atom is 0.272 e. The quantitative estimate of drug-likeness (QED) is 0.598. The molecule has 48 valence electrons. The lowest BCUT2D eigenvalue weighted by Crippen LogP contribution is -1.66. The minimum Gasteiger partial charge on any atom is -0.362 e. The van der Waals surface area contributed by atoms with Crippen LogP contribution >= 0.6 is 0 Å². The molecule has 0 aromatic carbocycles. The van der Waals surface area contributed by atoms with Crippen molar-refractivity contribution in [2.75, 3.05) is 0 Å². The lowest BCUT2D eigenvalue weighted by atomic mass is 10.4. The molecule has 0 fully saturated rings. The average molecular weight is 129 g/mol. The van der Waals surface area contributed by atoms with Crippen molar-refractivity contribution in [3.8, 4) is 0 Å². The summed E-state index contributed by atoms with van der Waals surface area (Å²) < 4.78 is 22.9. The summed E-state index contributed by atoms with van der Waals surface area (Å²) in [7, 11) is 0. The van der Waals surface area contributed by atoms with E-state index in [1.165, 1.54) is 0 Å². The summed E-state index contributed by atoms with van der Waals surface area (Å²) in [5.74, 6) is 0. The van der Waals surface area contributed by atoms with Gasteiger partial charge in [-0.05, 0) is 12.1 Å². The third-order valence-corrected chi connectivity index (χ3v) is 0.887. The summed E-state index contributed by atoms with van der Waals surface area (Å²) in [6.45, 7) is 0. The van der Waals surface area contributed by atoms with Crippen LogP contribution in [-0.4, -0.2) is 4.98 Å². The molecule has 0 saturated heterocycles. The Morgan fingerprint density at radius 3 is 2.78 bits per heavy atom. The summed E-state index contributed by atoms with van der Waals surface area (Å²) in [4.78, 5) is 2.61. The van der Waals surface area contributed by atoms with Crippen molar-refractivity contribution >= 4 is 6.08 Å². The second kappa shape index (κ2) is 2.44. The second-order valence-electron chi connectivity index (χ2n) is 1.56. The number of nitrogens with one attached hydrogen (secondary N) is 1. The molecule has 0 radical (unpaired) electrons. The van der Waals surface area contributed by atoms with Crippen molar-refractivity contribution in [2.45, 2.75) is 0 Å². The number of rotatable bonds is 1. The van der Waals surface area contributed by atoms with Crippen molar-refractivity contribution in [3.63, 3.8) is 0 Å². The van der Waals surface area contributed by atoms with Gasteiger partial charge in [0.2, 0.25) is 0 Å². The monoisotopic (exact) mass is 129 g/mol. The number of halogens is 2. The van der Waals surface area contributed by atoms with Crippen LogP contribution in [0.15, 0.2) is 24.4 Å². The van der Waals surface area contributed by atoms with Crippen LogP contribution in [-0.2, 0) is 0 Å². The zero-order chi connectivity index (χ0) is 6.69. The van der Waals surface area contributed by atoms with Crippen LogP contribution in [0.3, 0.4) is 0 Å². The first kappa shape index (κ1) is 6.01. The highest BCUT2D eigenvalue weighted by molar-refractivity contribution is 5.44. The second-order valence-corrected chi connectivity index (χ2v) is 1.56. The van der Waals surface area contributed by atoms with E-state index in [9.17, 15) is 8.78 Å². The third-order valence-electron chi connectivity index (χ3n) is 0.887. The maximum absolute atomic E-state index is 11.4. The third kappa shape index (κ3) is 1.68. The van der Waals surface area contributed by atoms with Gasteiger partial charge >= 0.3 is 0 Å². The molecule has 1 aromatic heterocycles. The Kier molecular flexibility index (Phi) is 1.63. The van der Waals surface area contributed by atoms with Gasteiger partial charge in [-0.3, -0.25) is 0 Å². The number of aromatic amines is 1. The molecule has 1 aromatic rings. The van der Waals surface area contributed by atoms with E-state index in [1.54, 1.807) is 18.3 Å². The first-order valence-electron chi connectivity index (χ1n) is 2.45. The average Bonchev–Trinajstić information content (AvgIpc) is 2.15. The number of H-pyrrole nitrogens is 1. The van der Waals surface area contributed by atoms with E-state index in [-0.39, 0.29) is 0 Å². The molecule has 0 atom stereocenters. The Hall–Kier alpha value is -1.12. The van der Waals surface area contributed by atoms with Gasteiger partial charge in [0.25, 0.3) is 6.08 Å². The van der Waals surface area contributed by atoms with Gasteiger partial charge < -0.3 is 4.98 Å². The smallest absolute Gasteiger partial charge is 0.272 e. The summed E-state index contributed by atoms with van der Waals surface area (Å²) >= 11 is 0. The summed E-state index contributed by atoms with van der Waals surface area (Å²) in [6.07, 6.45) is 0.687. The van der Waals surface area contributed by atoms with E-state index in [0.29, 0.717) is 5.69 Å².